The fourth-order valence-corrected chi connectivity index (χ4v) is 4.25. The van der Waals surface area contributed by atoms with E-state index in [2.05, 4.69) is 17.8 Å². The number of carbonyl (C=O) groups is 2. The van der Waals surface area contributed by atoms with Crippen molar-refractivity contribution in [2.24, 2.45) is 5.92 Å². The molecule has 4 nitrogen and oxygen atoms in total. The van der Waals surface area contributed by atoms with Crippen LogP contribution in [0.2, 0.25) is 0 Å². The van der Waals surface area contributed by atoms with Crippen LogP contribution >= 0.6 is 11.3 Å². The Balaban J connectivity index is 1.55. The molecule has 5 heteroatoms. The molecule has 0 saturated carbocycles. The SMILES string of the molecule is Cc1ccc(CC(=O)NNC(=O)c2cc3c(s2)CC[C@@H](C)C3)cc1C. The van der Waals surface area contributed by atoms with Crippen LogP contribution in [-0.2, 0) is 24.1 Å². The third-order valence-electron chi connectivity index (χ3n) is 4.80. The largest absolute Gasteiger partial charge is 0.279 e. The van der Waals surface area contributed by atoms with Gasteiger partial charge in [-0.3, -0.25) is 20.4 Å². The van der Waals surface area contributed by atoms with E-state index in [4.69, 9.17) is 0 Å². The van der Waals surface area contributed by atoms with Crippen LogP contribution < -0.4 is 10.9 Å². The Morgan fingerprint density at radius 3 is 2.72 bits per heavy atom. The average Bonchev–Trinajstić information content (AvgIpc) is 2.99. The lowest BCUT2D eigenvalue weighted by atomic mass is 9.90. The molecule has 2 N–H and O–H groups in total. The fraction of sp³-hybridized carbons (Fsp3) is 0.400. The van der Waals surface area contributed by atoms with Crippen LogP contribution in [0.5, 0.6) is 0 Å². The maximum atomic E-state index is 12.3. The van der Waals surface area contributed by atoms with Gasteiger partial charge in [0.25, 0.3) is 5.91 Å². The minimum Gasteiger partial charge on any atom is -0.273 e. The van der Waals surface area contributed by atoms with Gasteiger partial charge in [-0.2, -0.15) is 0 Å². The summed E-state index contributed by atoms with van der Waals surface area (Å²) in [5.41, 5.74) is 9.65. The maximum absolute atomic E-state index is 12.3. The summed E-state index contributed by atoms with van der Waals surface area (Å²) in [6, 6.07) is 7.93. The first-order valence-corrected chi connectivity index (χ1v) is 9.51. The number of amides is 2. The van der Waals surface area contributed by atoms with Gasteiger partial charge in [-0.1, -0.05) is 25.1 Å². The number of carbonyl (C=O) groups excluding carboxylic acids is 2. The van der Waals surface area contributed by atoms with Crippen molar-refractivity contribution in [2.75, 3.05) is 0 Å². The van der Waals surface area contributed by atoms with Gasteiger partial charge in [0.15, 0.2) is 0 Å². The first-order valence-electron chi connectivity index (χ1n) is 8.69. The second-order valence-electron chi connectivity index (χ2n) is 7.00. The highest BCUT2D eigenvalue weighted by Gasteiger charge is 2.20. The number of rotatable bonds is 3. The van der Waals surface area contributed by atoms with Crippen molar-refractivity contribution >= 4 is 23.2 Å². The average molecular weight is 356 g/mol. The Hall–Kier alpha value is -2.14. The predicted octanol–water partition coefficient (Wildman–Crippen LogP) is 3.49. The zero-order valence-electron chi connectivity index (χ0n) is 14.9. The van der Waals surface area contributed by atoms with Gasteiger partial charge in [0.05, 0.1) is 11.3 Å². The Labute approximate surface area is 152 Å². The molecule has 0 spiro atoms. The van der Waals surface area contributed by atoms with Gasteiger partial charge < -0.3 is 0 Å². The first kappa shape index (κ1) is 17.7. The van der Waals surface area contributed by atoms with Crippen LogP contribution in [-0.4, -0.2) is 11.8 Å². The van der Waals surface area contributed by atoms with Gasteiger partial charge in [0.1, 0.15) is 0 Å². The minimum atomic E-state index is -0.236. The summed E-state index contributed by atoms with van der Waals surface area (Å²) in [7, 11) is 0. The Morgan fingerprint density at radius 2 is 1.96 bits per heavy atom. The van der Waals surface area contributed by atoms with Gasteiger partial charge in [-0.25, -0.2) is 0 Å². The number of thiophene rings is 1. The molecule has 0 radical (unpaired) electrons. The second kappa shape index (κ2) is 7.40. The van der Waals surface area contributed by atoms with Gasteiger partial charge in [-0.05, 0) is 67.3 Å². The van der Waals surface area contributed by atoms with Gasteiger partial charge >= 0.3 is 0 Å². The standard InChI is InChI=1S/C20H24N2O2S/c1-12-4-7-17-16(8-12)11-18(25-17)20(24)22-21-19(23)10-15-6-5-13(2)14(3)9-15/h5-6,9,11-12H,4,7-8,10H2,1-3H3,(H,21,23)(H,22,24)/t12-/m1/s1. The van der Waals surface area contributed by atoms with E-state index in [1.807, 2.05) is 38.1 Å². The van der Waals surface area contributed by atoms with E-state index in [0.717, 1.165) is 24.0 Å². The molecule has 3 rings (SSSR count). The van der Waals surface area contributed by atoms with Crippen molar-refractivity contribution in [1.82, 2.24) is 10.9 Å². The van der Waals surface area contributed by atoms with E-state index in [1.165, 1.54) is 22.4 Å². The summed E-state index contributed by atoms with van der Waals surface area (Å²) in [6.45, 7) is 6.31. The lowest BCUT2D eigenvalue weighted by molar-refractivity contribution is -0.121. The quantitative estimate of drug-likeness (QED) is 0.827. The molecule has 1 aliphatic rings. The zero-order chi connectivity index (χ0) is 18.0. The summed E-state index contributed by atoms with van der Waals surface area (Å²) in [5, 5.41) is 0. The highest BCUT2D eigenvalue weighted by molar-refractivity contribution is 7.14. The third kappa shape index (κ3) is 4.28. The van der Waals surface area contributed by atoms with Crippen molar-refractivity contribution < 1.29 is 9.59 Å². The number of nitrogens with one attached hydrogen (secondary N) is 2. The number of hydrazine groups is 1. The minimum absolute atomic E-state index is 0.216. The van der Waals surface area contributed by atoms with E-state index in [0.29, 0.717) is 10.8 Å². The predicted molar refractivity (Wildman–Crippen MR) is 101 cm³/mol. The molecule has 0 fully saturated rings. The van der Waals surface area contributed by atoms with E-state index in [-0.39, 0.29) is 18.2 Å². The molecule has 0 saturated heterocycles. The molecule has 1 aromatic heterocycles. The van der Waals surface area contributed by atoms with Crippen LogP contribution in [0.25, 0.3) is 0 Å². The number of benzene rings is 1. The highest BCUT2D eigenvalue weighted by atomic mass is 32.1. The Kier molecular flexibility index (Phi) is 5.23. The lowest BCUT2D eigenvalue weighted by Gasteiger charge is -2.16. The van der Waals surface area contributed by atoms with Crippen molar-refractivity contribution in [2.45, 2.75) is 46.5 Å². The van der Waals surface area contributed by atoms with Crippen molar-refractivity contribution in [3.8, 4) is 0 Å². The van der Waals surface area contributed by atoms with Crippen molar-refractivity contribution in [3.63, 3.8) is 0 Å². The summed E-state index contributed by atoms with van der Waals surface area (Å²) in [6.07, 6.45) is 3.52. The van der Waals surface area contributed by atoms with Crippen molar-refractivity contribution in [1.29, 1.82) is 0 Å². The molecule has 1 aromatic carbocycles. The molecule has 1 atom stereocenters. The van der Waals surface area contributed by atoms with E-state index in [1.54, 1.807) is 11.3 Å². The second-order valence-corrected chi connectivity index (χ2v) is 8.14. The molecule has 132 valence electrons. The molecule has 2 amide bonds. The molecular formula is C20H24N2O2S. The Morgan fingerprint density at radius 1 is 1.16 bits per heavy atom. The molecule has 25 heavy (non-hydrogen) atoms. The summed E-state index contributed by atoms with van der Waals surface area (Å²) >= 11 is 1.54. The van der Waals surface area contributed by atoms with Crippen molar-refractivity contribution in [3.05, 3.63) is 56.3 Å². The monoisotopic (exact) mass is 356 g/mol. The molecule has 0 aliphatic heterocycles. The smallest absolute Gasteiger partial charge is 0.273 e. The van der Waals surface area contributed by atoms with Gasteiger partial charge in [0.2, 0.25) is 5.91 Å². The fourth-order valence-electron chi connectivity index (χ4n) is 3.15. The molecule has 2 aromatic rings. The third-order valence-corrected chi connectivity index (χ3v) is 6.04. The Bertz CT molecular complexity index is 810. The summed E-state index contributed by atoms with van der Waals surface area (Å²) in [5.74, 6) is 0.225. The number of fused-ring (bicyclic) bond motifs is 1. The molecule has 1 heterocycles. The highest BCUT2D eigenvalue weighted by Crippen LogP contribution is 2.32. The van der Waals surface area contributed by atoms with Crippen LogP contribution in [0, 0.1) is 19.8 Å². The summed E-state index contributed by atoms with van der Waals surface area (Å²) < 4.78 is 0. The zero-order valence-corrected chi connectivity index (χ0v) is 15.8. The molecule has 0 unspecified atom stereocenters. The van der Waals surface area contributed by atoms with Crippen LogP contribution in [0.15, 0.2) is 24.3 Å². The van der Waals surface area contributed by atoms with E-state index in [9.17, 15) is 9.59 Å². The van der Waals surface area contributed by atoms with Crippen LogP contribution in [0.3, 0.4) is 0 Å². The molecular weight excluding hydrogens is 332 g/mol. The topological polar surface area (TPSA) is 58.2 Å². The molecule has 1 aliphatic carbocycles. The summed E-state index contributed by atoms with van der Waals surface area (Å²) in [4.78, 5) is 26.3. The van der Waals surface area contributed by atoms with Crippen LogP contribution in [0.1, 0.15) is 50.1 Å². The number of hydrogen-bond acceptors (Lipinski definition) is 3. The number of aryl methyl sites for hydroxylation is 3. The van der Waals surface area contributed by atoms with Crippen LogP contribution in [0.4, 0.5) is 0 Å². The van der Waals surface area contributed by atoms with E-state index < -0.39 is 0 Å². The maximum Gasteiger partial charge on any atom is 0.279 e. The first-order chi connectivity index (χ1) is 11.9. The molecule has 0 bridgehead atoms. The lowest BCUT2D eigenvalue weighted by Crippen LogP contribution is -2.42. The van der Waals surface area contributed by atoms with E-state index >= 15 is 0 Å². The normalized spacial score (nSPS) is 16.2. The van der Waals surface area contributed by atoms with Gasteiger partial charge in [0, 0.05) is 4.88 Å². The number of hydrogen-bond donors (Lipinski definition) is 2. The van der Waals surface area contributed by atoms with Gasteiger partial charge in [-0.15, -0.1) is 11.3 Å².